The number of rotatable bonds is 7. The molecule has 34 heavy (non-hydrogen) atoms. The molecule has 0 unspecified atom stereocenters. The standard InChI is InChI=1S/C28H30N2O4/c1-33-24-7-5-6-20(18-24)19-29-27(31)22-14-16-30(17-15-22)28(32)23-12-10-21(11-13-23)25-8-3-4-9-26(25)34-2/h3-13,18,22H,14-17,19H2,1-2H3,(H,29,31). The van der Waals surface area contributed by atoms with Crippen LogP contribution in [0.2, 0.25) is 0 Å². The van der Waals surface area contributed by atoms with Crippen molar-refractivity contribution in [3.63, 3.8) is 0 Å². The molecule has 0 spiro atoms. The van der Waals surface area contributed by atoms with Gasteiger partial charge in [0.2, 0.25) is 5.91 Å². The van der Waals surface area contributed by atoms with Gasteiger partial charge in [0.25, 0.3) is 5.91 Å². The van der Waals surface area contributed by atoms with Crippen molar-refractivity contribution in [2.75, 3.05) is 27.3 Å². The summed E-state index contributed by atoms with van der Waals surface area (Å²) in [5.41, 5.74) is 3.64. The summed E-state index contributed by atoms with van der Waals surface area (Å²) >= 11 is 0. The molecule has 1 heterocycles. The van der Waals surface area contributed by atoms with Gasteiger partial charge in [0, 0.05) is 36.7 Å². The summed E-state index contributed by atoms with van der Waals surface area (Å²) in [6, 6.07) is 23.1. The number of amides is 2. The fourth-order valence-electron chi connectivity index (χ4n) is 4.32. The van der Waals surface area contributed by atoms with Crippen molar-refractivity contribution in [1.29, 1.82) is 0 Å². The average molecular weight is 459 g/mol. The van der Waals surface area contributed by atoms with Crippen LogP contribution in [0.25, 0.3) is 11.1 Å². The van der Waals surface area contributed by atoms with Gasteiger partial charge in [-0.3, -0.25) is 9.59 Å². The number of piperidine rings is 1. The molecular weight excluding hydrogens is 428 g/mol. The topological polar surface area (TPSA) is 67.9 Å². The lowest BCUT2D eigenvalue weighted by molar-refractivity contribution is -0.126. The van der Waals surface area contributed by atoms with Crippen LogP contribution in [-0.2, 0) is 11.3 Å². The van der Waals surface area contributed by atoms with E-state index in [0.29, 0.717) is 38.0 Å². The highest BCUT2D eigenvalue weighted by Gasteiger charge is 2.27. The Labute approximate surface area is 200 Å². The van der Waals surface area contributed by atoms with Crippen molar-refractivity contribution in [2.24, 2.45) is 5.92 Å². The van der Waals surface area contributed by atoms with Crippen LogP contribution in [0.1, 0.15) is 28.8 Å². The number of likely N-dealkylation sites (tertiary alicyclic amines) is 1. The number of carbonyl (C=O) groups excluding carboxylic acids is 2. The molecule has 1 fully saturated rings. The molecule has 1 saturated heterocycles. The van der Waals surface area contributed by atoms with Gasteiger partial charge < -0.3 is 19.7 Å². The molecule has 3 aromatic rings. The van der Waals surface area contributed by atoms with Crippen LogP contribution in [0, 0.1) is 5.92 Å². The van der Waals surface area contributed by atoms with Crippen LogP contribution in [-0.4, -0.2) is 44.0 Å². The van der Waals surface area contributed by atoms with Gasteiger partial charge in [-0.15, -0.1) is 0 Å². The predicted octanol–water partition coefficient (Wildman–Crippen LogP) is 4.54. The van der Waals surface area contributed by atoms with Crippen LogP contribution in [0.4, 0.5) is 0 Å². The second-order valence-corrected chi connectivity index (χ2v) is 8.41. The number of benzene rings is 3. The summed E-state index contributed by atoms with van der Waals surface area (Å²) in [5.74, 6) is 1.53. The van der Waals surface area contributed by atoms with Gasteiger partial charge in [0.15, 0.2) is 0 Å². The second-order valence-electron chi connectivity index (χ2n) is 8.41. The van der Waals surface area contributed by atoms with Crippen molar-refractivity contribution in [3.8, 4) is 22.6 Å². The first kappa shape index (κ1) is 23.4. The lowest BCUT2D eigenvalue weighted by Crippen LogP contribution is -2.42. The van der Waals surface area contributed by atoms with Crippen molar-refractivity contribution >= 4 is 11.8 Å². The molecule has 6 heteroatoms. The normalized spacial score (nSPS) is 13.9. The second kappa shape index (κ2) is 10.9. The number of para-hydroxylation sites is 1. The summed E-state index contributed by atoms with van der Waals surface area (Å²) in [5, 5.41) is 3.02. The maximum absolute atomic E-state index is 13.0. The molecule has 1 aliphatic heterocycles. The number of methoxy groups -OCH3 is 2. The molecule has 0 radical (unpaired) electrons. The summed E-state index contributed by atoms with van der Waals surface area (Å²) in [7, 11) is 3.28. The smallest absolute Gasteiger partial charge is 0.253 e. The predicted molar refractivity (Wildman–Crippen MR) is 132 cm³/mol. The van der Waals surface area contributed by atoms with Crippen LogP contribution in [0.3, 0.4) is 0 Å². The summed E-state index contributed by atoms with van der Waals surface area (Å²) in [6.45, 7) is 1.61. The zero-order valence-electron chi connectivity index (χ0n) is 19.6. The molecule has 1 aliphatic rings. The third-order valence-electron chi connectivity index (χ3n) is 6.30. The van der Waals surface area contributed by atoms with Crippen molar-refractivity contribution < 1.29 is 19.1 Å². The summed E-state index contributed by atoms with van der Waals surface area (Å²) < 4.78 is 10.7. The van der Waals surface area contributed by atoms with Crippen molar-refractivity contribution in [1.82, 2.24) is 10.2 Å². The SMILES string of the molecule is COc1cccc(CNC(=O)C2CCN(C(=O)c3ccc(-c4ccccc4OC)cc3)CC2)c1. The number of carbonyl (C=O) groups is 2. The molecule has 6 nitrogen and oxygen atoms in total. The number of hydrogen-bond acceptors (Lipinski definition) is 4. The first-order chi connectivity index (χ1) is 16.6. The molecular formula is C28H30N2O4. The molecule has 4 rings (SSSR count). The summed E-state index contributed by atoms with van der Waals surface area (Å²) in [4.78, 5) is 27.5. The molecule has 2 amide bonds. The quantitative estimate of drug-likeness (QED) is 0.565. The van der Waals surface area contributed by atoms with E-state index < -0.39 is 0 Å². The van der Waals surface area contributed by atoms with E-state index in [9.17, 15) is 9.59 Å². The van der Waals surface area contributed by atoms with Crippen LogP contribution >= 0.6 is 0 Å². The third-order valence-corrected chi connectivity index (χ3v) is 6.30. The van der Waals surface area contributed by atoms with E-state index in [1.165, 1.54) is 0 Å². The Hall–Kier alpha value is -3.80. The molecule has 0 bridgehead atoms. The maximum atomic E-state index is 13.0. The number of nitrogens with one attached hydrogen (secondary N) is 1. The van der Waals surface area contributed by atoms with Crippen LogP contribution in [0.15, 0.2) is 72.8 Å². The molecule has 0 atom stereocenters. The van der Waals surface area contributed by atoms with Crippen molar-refractivity contribution in [2.45, 2.75) is 19.4 Å². The summed E-state index contributed by atoms with van der Waals surface area (Å²) in [6.07, 6.45) is 1.32. The number of ether oxygens (including phenoxy) is 2. The van der Waals surface area contributed by atoms with Gasteiger partial charge in [0.05, 0.1) is 14.2 Å². The van der Waals surface area contributed by atoms with E-state index in [0.717, 1.165) is 28.2 Å². The highest BCUT2D eigenvalue weighted by molar-refractivity contribution is 5.95. The van der Waals surface area contributed by atoms with Gasteiger partial charge >= 0.3 is 0 Å². The first-order valence-corrected chi connectivity index (χ1v) is 11.5. The van der Waals surface area contributed by atoms with Gasteiger partial charge in [-0.05, 0) is 54.3 Å². The Morgan fingerprint density at radius 3 is 2.35 bits per heavy atom. The number of hydrogen-bond donors (Lipinski definition) is 1. The molecule has 176 valence electrons. The monoisotopic (exact) mass is 458 g/mol. The van der Waals surface area contributed by atoms with E-state index >= 15 is 0 Å². The first-order valence-electron chi connectivity index (χ1n) is 11.5. The van der Waals surface area contributed by atoms with E-state index in [-0.39, 0.29) is 17.7 Å². The zero-order valence-corrected chi connectivity index (χ0v) is 19.6. The minimum absolute atomic E-state index is 0.00168. The van der Waals surface area contributed by atoms with Gasteiger partial charge in [0.1, 0.15) is 11.5 Å². The highest BCUT2D eigenvalue weighted by atomic mass is 16.5. The molecule has 1 N–H and O–H groups in total. The van der Waals surface area contributed by atoms with Gasteiger partial charge in [-0.2, -0.15) is 0 Å². The van der Waals surface area contributed by atoms with Crippen LogP contribution < -0.4 is 14.8 Å². The van der Waals surface area contributed by atoms with Crippen molar-refractivity contribution in [3.05, 3.63) is 83.9 Å². The largest absolute Gasteiger partial charge is 0.497 e. The Morgan fingerprint density at radius 1 is 0.912 bits per heavy atom. The van der Waals surface area contributed by atoms with E-state index in [4.69, 9.17) is 9.47 Å². The minimum Gasteiger partial charge on any atom is -0.497 e. The average Bonchev–Trinajstić information content (AvgIpc) is 2.91. The molecule has 3 aromatic carbocycles. The lowest BCUT2D eigenvalue weighted by atomic mass is 9.95. The zero-order chi connectivity index (χ0) is 23.9. The Morgan fingerprint density at radius 2 is 1.65 bits per heavy atom. The van der Waals surface area contributed by atoms with E-state index in [1.807, 2.05) is 77.7 Å². The van der Waals surface area contributed by atoms with Gasteiger partial charge in [-0.1, -0.05) is 42.5 Å². The fraction of sp³-hybridized carbons (Fsp3) is 0.286. The van der Waals surface area contributed by atoms with E-state index in [1.54, 1.807) is 14.2 Å². The maximum Gasteiger partial charge on any atom is 0.253 e. The van der Waals surface area contributed by atoms with E-state index in [2.05, 4.69) is 5.32 Å². The Kier molecular flexibility index (Phi) is 7.48. The minimum atomic E-state index is -0.0809. The highest BCUT2D eigenvalue weighted by Crippen LogP contribution is 2.30. The van der Waals surface area contributed by atoms with Crippen LogP contribution in [0.5, 0.6) is 11.5 Å². The lowest BCUT2D eigenvalue weighted by Gasteiger charge is -2.31. The molecule has 0 aromatic heterocycles. The Balaban J connectivity index is 1.30. The molecule has 0 aliphatic carbocycles. The molecule has 0 saturated carbocycles. The number of nitrogens with zero attached hydrogens (tertiary/aromatic N) is 1. The third kappa shape index (κ3) is 5.39. The fourth-order valence-corrected chi connectivity index (χ4v) is 4.32. The Bertz CT molecular complexity index is 1140. The van der Waals surface area contributed by atoms with Gasteiger partial charge in [-0.25, -0.2) is 0 Å².